The molecule has 2 N–H and O–H groups in total. The molecule has 5 heteroatoms. The molecule has 3 aromatic carbocycles. The normalized spacial score (nSPS) is 11.3. The minimum absolute atomic E-state index is 0.0345. The molecular weight excluding hydrogens is 386 g/mol. The Morgan fingerprint density at radius 2 is 1.39 bits per heavy atom. The molecule has 0 aliphatic heterocycles. The Bertz CT molecular complexity index is 990. The minimum atomic E-state index is -0.300. The molecule has 31 heavy (non-hydrogen) atoms. The second kappa shape index (κ2) is 10.9. The summed E-state index contributed by atoms with van der Waals surface area (Å²) >= 11 is 0. The predicted molar refractivity (Wildman–Crippen MR) is 125 cm³/mol. The van der Waals surface area contributed by atoms with Crippen molar-refractivity contribution in [1.29, 1.82) is 0 Å². The van der Waals surface area contributed by atoms with E-state index >= 15 is 0 Å². The van der Waals surface area contributed by atoms with Crippen molar-refractivity contribution in [2.75, 3.05) is 5.32 Å². The van der Waals surface area contributed by atoms with Crippen LogP contribution in [0, 0.1) is 0 Å². The minimum Gasteiger partial charge on any atom is -0.326 e. The highest BCUT2D eigenvalue weighted by Crippen LogP contribution is 2.26. The average molecular weight is 414 g/mol. The number of hydrogen-bond acceptors (Lipinski definition) is 3. The zero-order valence-corrected chi connectivity index (χ0v) is 17.8. The van der Waals surface area contributed by atoms with E-state index in [2.05, 4.69) is 40.1 Å². The summed E-state index contributed by atoms with van der Waals surface area (Å²) < 4.78 is 0. The summed E-state index contributed by atoms with van der Waals surface area (Å²) in [6.07, 6.45) is 1.26. The van der Waals surface area contributed by atoms with Crippen LogP contribution >= 0.6 is 0 Å². The first kappa shape index (κ1) is 22.0. The van der Waals surface area contributed by atoms with Crippen LogP contribution in [0.3, 0.4) is 0 Å². The molecule has 0 aromatic heterocycles. The van der Waals surface area contributed by atoms with Gasteiger partial charge in [-0.1, -0.05) is 67.6 Å². The van der Waals surface area contributed by atoms with Crippen LogP contribution in [0.5, 0.6) is 0 Å². The topological polar surface area (TPSA) is 70.6 Å². The number of nitrogens with one attached hydrogen (secondary N) is 2. The molecule has 0 aliphatic carbocycles. The maximum atomic E-state index is 12.6. The van der Waals surface area contributed by atoms with Gasteiger partial charge in [0.15, 0.2) is 0 Å². The molecule has 0 fully saturated rings. The molecule has 0 heterocycles. The summed E-state index contributed by atoms with van der Waals surface area (Å²) in [6, 6.07) is 27.0. The number of rotatable bonds is 8. The van der Waals surface area contributed by atoms with Gasteiger partial charge >= 0.3 is 0 Å². The zero-order chi connectivity index (χ0) is 22.1. The molecular formula is C26H27N3O2. The van der Waals surface area contributed by atoms with Gasteiger partial charge in [-0.2, -0.15) is 5.10 Å². The van der Waals surface area contributed by atoms with Crippen molar-refractivity contribution in [3.63, 3.8) is 0 Å². The van der Waals surface area contributed by atoms with Crippen molar-refractivity contribution in [3.8, 4) is 0 Å². The van der Waals surface area contributed by atoms with E-state index in [1.54, 1.807) is 24.3 Å². The Kier molecular flexibility index (Phi) is 7.71. The standard InChI is InChI=1S/C26H27N3O2/c1-3-10-24(30)27-23-17-15-22(16-18-23)26(31)29-28-19(2)25(20-11-6-4-7-12-20)21-13-8-5-9-14-21/h4-9,11-18,25H,3,10H2,1-2H3,(H,27,30)(H,29,31)/b28-19+. The largest absolute Gasteiger partial charge is 0.326 e. The zero-order valence-electron chi connectivity index (χ0n) is 17.8. The number of carbonyl (C=O) groups is 2. The van der Waals surface area contributed by atoms with Gasteiger partial charge in [0.05, 0.1) is 0 Å². The second-order valence-corrected chi connectivity index (χ2v) is 7.32. The van der Waals surface area contributed by atoms with Gasteiger partial charge in [0, 0.05) is 29.3 Å². The highest BCUT2D eigenvalue weighted by Gasteiger charge is 2.17. The molecule has 0 unspecified atom stereocenters. The summed E-state index contributed by atoms with van der Waals surface area (Å²) in [7, 11) is 0. The number of anilines is 1. The fraction of sp³-hybridized carbons (Fsp3) is 0.192. The van der Waals surface area contributed by atoms with E-state index in [9.17, 15) is 9.59 Å². The van der Waals surface area contributed by atoms with Gasteiger partial charge in [-0.25, -0.2) is 5.43 Å². The fourth-order valence-corrected chi connectivity index (χ4v) is 3.39. The van der Waals surface area contributed by atoms with Gasteiger partial charge in [0.25, 0.3) is 5.91 Å². The van der Waals surface area contributed by atoms with E-state index in [1.165, 1.54) is 0 Å². The van der Waals surface area contributed by atoms with Crippen molar-refractivity contribution in [3.05, 3.63) is 102 Å². The molecule has 0 atom stereocenters. The van der Waals surface area contributed by atoms with Crippen molar-refractivity contribution < 1.29 is 9.59 Å². The summed E-state index contributed by atoms with van der Waals surface area (Å²) in [5, 5.41) is 7.21. The van der Waals surface area contributed by atoms with Crippen molar-refractivity contribution in [2.24, 2.45) is 5.10 Å². The lowest BCUT2D eigenvalue weighted by molar-refractivity contribution is -0.116. The number of amides is 2. The highest BCUT2D eigenvalue weighted by atomic mass is 16.2. The van der Waals surface area contributed by atoms with Gasteiger partial charge < -0.3 is 5.32 Å². The predicted octanol–water partition coefficient (Wildman–Crippen LogP) is 5.36. The van der Waals surface area contributed by atoms with Crippen LogP contribution in [-0.2, 0) is 4.79 Å². The monoisotopic (exact) mass is 413 g/mol. The van der Waals surface area contributed by atoms with Gasteiger partial charge in [-0.05, 0) is 48.7 Å². The highest BCUT2D eigenvalue weighted by molar-refractivity contribution is 5.98. The molecule has 5 nitrogen and oxygen atoms in total. The Labute approximate surface area is 183 Å². The Hall–Kier alpha value is -3.73. The first-order valence-electron chi connectivity index (χ1n) is 10.4. The fourth-order valence-electron chi connectivity index (χ4n) is 3.39. The molecule has 3 rings (SSSR count). The number of nitrogens with zero attached hydrogens (tertiary/aromatic N) is 1. The van der Waals surface area contributed by atoms with E-state index in [4.69, 9.17) is 0 Å². The van der Waals surface area contributed by atoms with Crippen LogP contribution in [0.1, 0.15) is 54.1 Å². The smallest absolute Gasteiger partial charge is 0.271 e. The first-order valence-corrected chi connectivity index (χ1v) is 10.4. The van der Waals surface area contributed by atoms with Gasteiger partial charge in [-0.15, -0.1) is 0 Å². The SMILES string of the molecule is CCCC(=O)Nc1ccc(C(=O)N/N=C(\C)C(c2ccccc2)c2ccccc2)cc1. The van der Waals surface area contributed by atoms with E-state index in [1.807, 2.05) is 50.2 Å². The molecule has 158 valence electrons. The van der Waals surface area contributed by atoms with Crippen LogP contribution in [0.4, 0.5) is 5.69 Å². The van der Waals surface area contributed by atoms with E-state index < -0.39 is 0 Å². The van der Waals surface area contributed by atoms with Crippen LogP contribution in [-0.4, -0.2) is 17.5 Å². The maximum Gasteiger partial charge on any atom is 0.271 e. The third kappa shape index (κ3) is 6.12. The molecule has 0 bridgehead atoms. The molecule has 0 aliphatic rings. The summed E-state index contributed by atoms with van der Waals surface area (Å²) in [5.41, 5.74) is 6.81. The summed E-state index contributed by atoms with van der Waals surface area (Å²) in [6.45, 7) is 3.87. The molecule has 0 radical (unpaired) electrons. The number of carbonyl (C=O) groups excluding carboxylic acids is 2. The van der Waals surface area contributed by atoms with E-state index in [0.717, 1.165) is 23.3 Å². The number of hydrazone groups is 1. The Morgan fingerprint density at radius 1 is 0.839 bits per heavy atom. The lowest BCUT2D eigenvalue weighted by atomic mass is 9.88. The van der Waals surface area contributed by atoms with Crippen LogP contribution < -0.4 is 10.7 Å². The van der Waals surface area contributed by atoms with Crippen LogP contribution in [0.2, 0.25) is 0 Å². The quantitative estimate of drug-likeness (QED) is 0.385. The number of benzene rings is 3. The lowest BCUT2D eigenvalue weighted by Gasteiger charge is -2.18. The summed E-state index contributed by atoms with van der Waals surface area (Å²) in [5.74, 6) is -0.391. The van der Waals surface area contributed by atoms with E-state index in [0.29, 0.717) is 17.7 Å². The molecule has 0 spiro atoms. The number of hydrogen-bond donors (Lipinski definition) is 2. The molecule has 0 saturated carbocycles. The van der Waals surface area contributed by atoms with Crippen LogP contribution in [0.25, 0.3) is 0 Å². The molecule has 3 aromatic rings. The lowest BCUT2D eigenvalue weighted by Crippen LogP contribution is -2.22. The van der Waals surface area contributed by atoms with Crippen molar-refractivity contribution in [2.45, 2.75) is 32.6 Å². The molecule has 0 saturated heterocycles. The Morgan fingerprint density at radius 3 is 1.90 bits per heavy atom. The van der Waals surface area contributed by atoms with Crippen molar-refractivity contribution in [1.82, 2.24) is 5.43 Å². The van der Waals surface area contributed by atoms with Gasteiger partial charge in [0.1, 0.15) is 0 Å². The average Bonchev–Trinajstić information content (AvgIpc) is 2.80. The first-order chi connectivity index (χ1) is 15.1. The third-order valence-electron chi connectivity index (χ3n) is 4.93. The molecule has 2 amide bonds. The van der Waals surface area contributed by atoms with Gasteiger partial charge in [0.2, 0.25) is 5.91 Å². The van der Waals surface area contributed by atoms with E-state index in [-0.39, 0.29) is 17.7 Å². The van der Waals surface area contributed by atoms with Crippen molar-refractivity contribution >= 4 is 23.2 Å². The Balaban J connectivity index is 1.73. The van der Waals surface area contributed by atoms with Crippen LogP contribution in [0.15, 0.2) is 90.0 Å². The third-order valence-corrected chi connectivity index (χ3v) is 4.93. The maximum absolute atomic E-state index is 12.6. The summed E-state index contributed by atoms with van der Waals surface area (Å²) in [4.78, 5) is 24.3. The van der Waals surface area contributed by atoms with Gasteiger partial charge in [-0.3, -0.25) is 9.59 Å². The second-order valence-electron chi connectivity index (χ2n) is 7.32.